The van der Waals surface area contributed by atoms with Crippen molar-refractivity contribution in [2.24, 2.45) is 5.92 Å². The van der Waals surface area contributed by atoms with Crippen LogP contribution >= 0.6 is 0 Å². The van der Waals surface area contributed by atoms with Crippen LogP contribution in [0.1, 0.15) is 55.9 Å². The van der Waals surface area contributed by atoms with Crippen molar-refractivity contribution in [1.29, 1.82) is 0 Å². The van der Waals surface area contributed by atoms with Gasteiger partial charge in [-0.05, 0) is 37.3 Å². The summed E-state index contributed by atoms with van der Waals surface area (Å²) < 4.78 is 4.05. The second-order valence-corrected chi connectivity index (χ2v) is 7.96. The quantitative estimate of drug-likeness (QED) is 0.643. The van der Waals surface area contributed by atoms with E-state index in [1.54, 1.807) is 0 Å². The third-order valence-corrected chi connectivity index (χ3v) is 5.87. The highest BCUT2D eigenvalue weighted by molar-refractivity contribution is 6.00. The van der Waals surface area contributed by atoms with Gasteiger partial charge < -0.3 is 15.0 Å². The summed E-state index contributed by atoms with van der Waals surface area (Å²) in [5.41, 5.74) is 1.85. The number of nitrogens with zero attached hydrogens (tertiary/aromatic N) is 4. The van der Waals surface area contributed by atoms with Crippen molar-refractivity contribution >= 4 is 11.4 Å². The van der Waals surface area contributed by atoms with E-state index in [0.29, 0.717) is 23.9 Å². The van der Waals surface area contributed by atoms with Gasteiger partial charge in [-0.15, -0.1) is 0 Å². The molecule has 7 nitrogen and oxygen atoms in total. The van der Waals surface area contributed by atoms with Gasteiger partial charge in [-0.2, -0.15) is 0 Å². The monoisotopic (exact) mass is 395 g/mol. The number of amides is 1. The number of aliphatic hydroxyl groups excluding tert-OH is 1. The number of aliphatic hydroxyl groups is 1. The number of hydrogen-bond acceptors (Lipinski definition) is 4. The molecule has 1 atom stereocenters. The van der Waals surface area contributed by atoms with Crippen LogP contribution in [0.25, 0.3) is 17.0 Å². The van der Waals surface area contributed by atoms with Gasteiger partial charge in [0.1, 0.15) is 5.69 Å². The molecule has 1 unspecified atom stereocenters. The molecule has 1 aliphatic carbocycles. The third kappa shape index (κ3) is 4.19. The van der Waals surface area contributed by atoms with E-state index in [4.69, 9.17) is 0 Å². The van der Waals surface area contributed by atoms with Crippen LogP contribution in [0.5, 0.6) is 0 Å². The molecule has 3 heterocycles. The van der Waals surface area contributed by atoms with E-state index in [1.807, 2.05) is 48.2 Å². The van der Waals surface area contributed by atoms with E-state index in [1.165, 1.54) is 32.1 Å². The van der Waals surface area contributed by atoms with Gasteiger partial charge in [0.25, 0.3) is 5.91 Å². The molecule has 3 aromatic heterocycles. The number of hydrogen-bond donors (Lipinski definition) is 2. The Morgan fingerprint density at radius 1 is 1.31 bits per heavy atom. The van der Waals surface area contributed by atoms with Crippen LogP contribution in [0, 0.1) is 5.92 Å². The first-order valence-corrected chi connectivity index (χ1v) is 10.6. The highest BCUT2D eigenvalue weighted by Crippen LogP contribution is 2.26. The lowest BCUT2D eigenvalue weighted by Crippen LogP contribution is -2.37. The van der Waals surface area contributed by atoms with Crippen LogP contribution in [-0.4, -0.2) is 42.6 Å². The van der Waals surface area contributed by atoms with E-state index >= 15 is 0 Å². The number of aromatic nitrogens is 4. The highest BCUT2D eigenvalue weighted by atomic mass is 16.3. The summed E-state index contributed by atoms with van der Waals surface area (Å²) in [6.07, 6.45) is 13.0. The zero-order valence-electron chi connectivity index (χ0n) is 16.9. The summed E-state index contributed by atoms with van der Waals surface area (Å²) in [4.78, 5) is 22.0. The number of nitrogens with one attached hydrogen (secondary N) is 1. The standard InChI is InChI=1S/C22H29N5O2/c1-2-17(14-28)24-22(29)20-19-10-6-7-11-27(19)21(25-20)18-13-26(15-23-18)12-16-8-4-3-5-9-16/h6-7,10-11,13,15-17,28H,2-5,8-9,12,14H2,1H3,(H,24,29). The molecule has 4 rings (SSSR count). The number of fused-ring (bicyclic) bond motifs is 1. The van der Waals surface area contributed by atoms with Crippen LogP contribution in [0.4, 0.5) is 0 Å². The zero-order valence-corrected chi connectivity index (χ0v) is 16.9. The second kappa shape index (κ2) is 8.78. The molecule has 2 N–H and O–H groups in total. The molecule has 0 aliphatic heterocycles. The maximum Gasteiger partial charge on any atom is 0.272 e. The van der Waals surface area contributed by atoms with Crippen LogP contribution in [0.15, 0.2) is 36.9 Å². The van der Waals surface area contributed by atoms with Crippen LogP contribution in [-0.2, 0) is 6.54 Å². The molecule has 1 fully saturated rings. The first-order valence-electron chi connectivity index (χ1n) is 10.6. The molecule has 0 bridgehead atoms. The van der Waals surface area contributed by atoms with Gasteiger partial charge in [-0.25, -0.2) is 9.97 Å². The summed E-state index contributed by atoms with van der Waals surface area (Å²) in [5, 5.41) is 12.3. The minimum absolute atomic E-state index is 0.0908. The molecule has 0 spiro atoms. The largest absolute Gasteiger partial charge is 0.394 e. The van der Waals surface area contributed by atoms with Gasteiger partial charge in [-0.3, -0.25) is 9.20 Å². The van der Waals surface area contributed by atoms with Gasteiger partial charge in [0, 0.05) is 18.9 Å². The van der Waals surface area contributed by atoms with Gasteiger partial charge in [0.2, 0.25) is 0 Å². The van der Waals surface area contributed by atoms with Crippen molar-refractivity contribution in [3.05, 3.63) is 42.6 Å². The van der Waals surface area contributed by atoms with Gasteiger partial charge >= 0.3 is 0 Å². The lowest BCUT2D eigenvalue weighted by atomic mass is 9.89. The SMILES string of the molecule is CCC(CO)NC(=O)c1nc(-c2cn(CC3CCCCC3)cn2)n2ccccc12. The normalized spacial score (nSPS) is 16.2. The molecule has 0 saturated heterocycles. The molecule has 3 aromatic rings. The van der Waals surface area contributed by atoms with Crippen molar-refractivity contribution in [2.45, 2.75) is 58.0 Å². The van der Waals surface area contributed by atoms with Crippen molar-refractivity contribution in [1.82, 2.24) is 24.3 Å². The van der Waals surface area contributed by atoms with Gasteiger partial charge in [-0.1, -0.05) is 32.3 Å². The van der Waals surface area contributed by atoms with Gasteiger partial charge in [0.15, 0.2) is 11.5 Å². The van der Waals surface area contributed by atoms with E-state index in [-0.39, 0.29) is 18.6 Å². The average molecular weight is 396 g/mol. The second-order valence-electron chi connectivity index (χ2n) is 7.96. The van der Waals surface area contributed by atoms with Crippen molar-refractivity contribution in [3.63, 3.8) is 0 Å². The predicted octanol–water partition coefficient (Wildman–Crippen LogP) is 3.28. The summed E-state index contributed by atoms with van der Waals surface area (Å²) in [6, 6.07) is 5.41. The number of rotatable bonds is 7. The molecular weight excluding hydrogens is 366 g/mol. The van der Waals surface area contributed by atoms with E-state index in [2.05, 4.69) is 19.9 Å². The molecule has 29 heavy (non-hydrogen) atoms. The molecular formula is C22H29N5O2. The van der Waals surface area contributed by atoms with Crippen molar-refractivity contribution in [2.75, 3.05) is 6.61 Å². The number of carbonyl (C=O) groups is 1. The fourth-order valence-corrected chi connectivity index (χ4v) is 4.16. The lowest BCUT2D eigenvalue weighted by Gasteiger charge is -2.21. The summed E-state index contributed by atoms with van der Waals surface area (Å²) in [6.45, 7) is 2.82. The Morgan fingerprint density at radius 2 is 2.14 bits per heavy atom. The maximum absolute atomic E-state index is 12.8. The number of carbonyl (C=O) groups excluding carboxylic acids is 1. The third-order valence-electron chi connectivity index (χ3n) is 5.87. The fraction of sp³-hybridized carbons (Fsp3) is 0.500. The summed E-state index contributed by atoms with van der Waals surface area (Å²) in [5.74, 6) is 1.10. The Kier molecular flexibility index (Phi) is 5.94. The molecule has 1 saturated carbocycles. The topological polar surface area (TPSA) is 84.5 Å². The van der Waals surface area contributed by atoms with Crippen molar-refractivity contribution in [3.8, 4) is 11.5 Å². The molecule has 0 radical (unpaired) electrons. The van der Waals surface area contributed by atoms with Crippen molar-refractivity contribution < 1.29 is 9.90 Å². The molecule has 0 aromatic carbocycles. The number of imidazole rings is 2. The Morgan fingerprint density at radius 3 is 2.90 bits per heavy atom. The van der Waals surface area contributed by atoms with Crippen LogP contribution in [0.2, 0.25) is 0 Å². The van der Waals surface area contributed by atoms with E-state index in [9.17, 15) is 9.90 Å². The first kappa shape index (κ1) is 19.6. The summed E-state index contributed by atoms with van der Waals surface area (Å²) in [7, 11) is 0. The Balaban J connectivity index is 1.62. The summed E-state index contributed by atoms with van der Waals surface area (Å²) >= 11 is 0. The lowest BCUT2D eigenvalue weighted by molar-refractivity contribution is 0.0912. The fourth-order valence-electron chi connectivity index (χ4n) is 4.16. The van der Waals surface area contributed by atoms with E-state index < -0.39 is 0 Å². The Bertz CT molecular complexity index is 967. The first-order chi connectivity index (χ1) is 14.2. The minimum atomic E-state index is -0.277. The van der Waals surface area contributed by atoms with Crippen LogP contribution < -0.4 is 5.32 Å². The zero-order chi connectivity index (χ0) is 20.2. The van der Waals surface area contributed by atoms with E-state index in [0.717, 1.165) is 17.8 Å². The average Bonchev–Trinajstić information content (AvgIpc) is 3.37. The Labute approximate surface area is 170 Å². The predicted molar refractivity (Wildman–Crippen MR) is 112 cm³/mol. The highest BCUT2D eigenvalue weighted by Gasteiger charge is 2.21. The Hall–Kier alpha value is -2.67. The van der Waals surface area contributed by atoms with Gasteiger partial charge in [0.05, 0.1) is 24.5 Å². The maximum atomic E-state index is 12.8. The molecule has 1 amide bonds. The van der Waals surface area contributed by atoms with Crippen LogP contribution in [0.3, 0.4) is 0 Å². The minimum Gasteiger partial charge on any atom is -0.394 e. The molecule has 154 valence electrons. The molecule has 7 heteroatoms. The molecule has 1 aliphatic rings. The smallest absolute Gasteiger partial charge is 0.272 e. The number of pyridine rings is 1.